The van der Waals surface area contributed by atoms with E-state index in [-0.39, 0.29) is 6.04 Å². The van der Waals surface area contributed by atoms with Gasteiger partial charge in [-0.05, 0) is 69.3 Å². The Bertz CT molecular complexity index is 1150. The Kier molecular flexibility index (Phi) is 6.34. The van der Waals surface area contributed by atoms with Gasteiger partial charge in [-0.1, -0.05) is 34.9 Å². The summed E-state index contributed by atoms with van der Waals surface area (Å²) in [7, 11) is 0. The zero-order valence-electron chi connectivity index (χ0n) is 17.8. The van der Waals surface area contributed by atoms with Crippen LogP contribution in [0, 0.1) is 0 Å². The number of rotatable bonds is 7. The maximum absolute atomic E-state index is 6.14. The van der Waals surface area contributed by atoms with Crippen molar-refractivity contribution >= 4 is 23.4 Å². The molecule has 0 amide bonds. The second-order valence-corrected chi connectivity index (χ2v) is 9.25. The molecule has 9 heteroatoms. The molecular weight excluding hydrogens is 446 g/mol. The van der Waals surface area contributed by atoms with Crippen LogP contribution in [0.4, 0.5) is 0 Å². The molecule has 1 saturated heterocycles. The van der Waals surface area contributed by atoms with Gasteiger partial charge in [-0.25, -0.2) is 0 Å². The first kappa shape index (κ1) is 21.3. The molecule has 4 aromatic rings. The first-order chi connectivity index (χ1) is 15.7. The van der Waals surface area contributed by atoms with E-state index in [2.05, 4.69) is 31.7 Å². The minimum atomic E-state index is 0.172. The average Bonchev–Trinajstić information content (AvgIpc) is 3.59. The van der Waals surface area contributed by atoms with E-state index in [0.29, 0.717) is 22.3 Å². The van der Waals surface area contributed by atoms with Gasteiger partial charge in [0.25, 0.3) is 0 Å². The van der Waals surface area contributed by atoms with Gasteiger partial charge in [0.2, 0.25) is 5.76 Å². The molecule has 1 aromatic carbocycles. The highest BCUT2D eigenvalue weighted by Crippen LogP contribution is 2.31. The van der Waals surface area contributed by atoms with Crippen LogP contribution in [-0.2, 0) is 5.75 Å². The zero-order chi connectivity index (χ0) is 21.9. The molecule has 1 fully saturated rings. The second kappa shape index (κ2) is 9.52. The second-order valence-electron chi connectivity index (χ2n) is 7.87. The van der Waals surface area contributed by atoms with E-state index in [1.54, 1.807) is 18.0 Å². The molecule has 0 radical (unpaired) electrons. The number of nitrogens with zero attached hydrogens (tertiary/aromatic N) is 5. The van der Waals surface area contributed by atoms with Gasteiger partial charge in [0.1, 0.15) is 0 Å². The van der Waals surface area contributed by atoms with Gasteiger partial charge in [0.15, 0.2) is 16.7 Å². The van der Waals surface area contributed by atoms with E-state index >= 15 is 0 Å². The first-order valence-electron chi connectivity index (χ1n) is 10.8. The van der Waals surface area contributed by atoms with Crippen LogP contribution in [0.15, 0.2) is 62.8 Å². The standard InChI is InChI=1S/C23H24ClN5O2S/c1-16(28-11-3-2-4-12-28)22-25-26-23(29(22)19-9-7-17(24)8-10-19)32-15-18-14-21(31-27-18)20-6-5-13-30-20/h5-10,13-14,16H,2-4,11-12,15H2,1H3/t16-/m0/s1. The average molecular weight is 470 g/mol. The molecule has 1 aliphatic rings. The maximum atomic E-state index is 6.14. The SMILES string of the molecule is C[C@@H](c1nnc(SCc2cc(-c3ccco3)on2)n1-c1ccc(Cl)cc1)N1CCCCC1. The highest BCUT2D eigenvalue weighted by Gasteiger charge is 2.25. The Balaban J connectivity index is 1.41. The molecule has 0 bridgehead atoms. The summed E-state index contributed by atoms with van der Waals surface area (Å²) in [6.07, 6.45) is 5.37. The van der Waals surface area contributed by atoms with Crippen molar-refractivity contribution in [1.29, 1.82) is 0 Å². The fourth-order valence-corrected chi connectivity index (χ4v) is 4.97. The lowest BCUT2D eigenvalue weighted by molar-refractivity contribution is 0.167. The van der Waals surface area contributed by atoms with Gasteiger partial charge in [0.05, 0.1) is 18.0 Å². The molecule has 4 heterocycles. The minimum Gasteiger partial charge on any atom is -0.461 e. The Morgan fingerprint density at radius 2 is 1.88 bits per heavy atom. The number of hydrogen-bond acceptors (Lipinski definition) is 7. The zero-order valence-corrected chi connectivity index (χ0v) is 19.3. The van der Waals surface area contributed by atoms with Crippen LogP contribution in [0.3, 0.4) is 0 Å². The van der Waals surface area contributed by atoms with Crippen LogP contribution in [0.1, 0.15) is 43.7 Å². The lowest BCUT2D eigenvalue weighted by atomic mass is 10.1. The number of furan rings is 1. The molecule has 0 unspecified atom stereocenters. The van der Waals surface area contributed by atoms with Gasteiger partial charge in [0, 0.05) is 22.5 Å². The van der Waals surface area contributed by atoms with E-state index in [9.17, 15) is 0 Å². The quantitative estimate of drug-likeness (QED) is 0.307. The lowest BCUT2D eigenvalue weighted by Gasteiger charge is -2.31. The smallest absolute Gasteiger partial charge is 0.202 e. The molecule has 1 aliphatic heterocycles. The molecule has 166 valence electrons. The maximum Gasteiger partial charge on any atom is 0.202 e. The van der Waals surface area contributed by atoms with Crippen molar-refractivity contribution in [3.05, 3.63) is 65.3 Å². The summed E-state index contributed by atoms with van der Waals surface area (Å²) in [6.45, 7) is 4.39. The number of piperidine rings is 1. The number of thioether (sulfide) groups is 1. The summed E-state index contributed by atoms with van der Waals surface area (Å²) in [6, 6.07) is 13.6. The molecule has 0 spiro atoms. The van der Waals surface area contributed by atoms with E-state index in [4.69, 9.17) is 20.5 Å². The highest BCUT2D eigenvalue weighted by atomic mass is 35.5. The van der Waals surface area contributed by atoms with Crippen LogP contribution in [0.5, 0.6) is 0 Å². The van der Waals surface area contributed by atoms with E-state index in [0.717, 1.165) is 35.5 Å². The molecule has 0 N–H and O–H groups in total. The molecular formula is C23H24ClN5O2S. The summed E-state index contributed by atoms with van der Waals surface area (Å²) in [5.74, 6) is 2.82. The number of likely N-dealkylation sites (tertiary alicyclic amines) is 1. The van der Waals surface area contributed by atoms with E-state index < -0.39 is 0 Å². The van der Waals surface area contributed by atoms with Crippen molar-refractivity contribution in [3.8, 4) is 17.2 Å². The Morgan fingerprint density at radius 1 is 1.06 bits per heavy atom. The predicted octanol–water partition coefficient (Wildman–Crippen LogP) is 6.01. The van der Waals surface area contributed by atoms with E-state index in [1.165, 1.54) is 19.3 Å². The predicted molar refractivity (Wildman–Crippen MR) is 124 cm³/mol. The van der Waals surface area contributed by atoms with Crippen molar-refractivity contribution < 1.29 is 8.94 Å². The van der Waals surface area contributed by atoms with Gasteiger partial charge < -0.3 is 8.94 Å². The monoisotopic (exact) mass is 469 g/mol. The molecule has 7 nitrogen and oxygen atoms in total. The fourth-order valence-electron chi connectivity index (χ4n) is 4.00. The van der Waals surface area contributed by atoms with Crippen molar-refractivity contribution in [2.75, 3.05) is 13.1 Å². The van der Waals surface area contributed by atoms with Crippen molar-refractivity contribution in [2.24, 2.45) is 0 Å². The Morgan fingerprint density at radius 3 is 2.62 bits per heavy atom. The first-order valence-corrected chi connectivity index (χ1v) is 12.1. The summed E-state index contributed by atoms with van der Waals surface area (Å²) >= 11 is 7.72. The highest BCUT2D eigenvalue weighted by molar-refractivity contribution is 7.98. The van der Waals surface area contributed by atoms with E-state index in [1.807, 2.05) is 42.5 Å². The summed E-state index contributed by atoms with van der Waals surface area (Å²) < 4.78 is 12.9. The number of aromatic nitrogens is 4. The fraction of sp³-hybridized carbons (Fsp3) is 0.348. The Hall–Kier alpha value is -2.55. The summed E-state index contributed by atoms with van der Waals surface area (Å²) in [5, 5.41) is 14.8. The molecule has 0 aliphatic carbocycles. The van der Waals surface area contributed by atoms with Gasteiger partial charge in [-0.3, -0.25) is 9.47 Å². The van der Waals surface area contributed by atoms with Gasteiger partial charge in [-0.15, -0.1) is 10.2 Å². The number of hydrogen-bond donors (Lipinski definition) is 0. The van der Waals surface area contributed by atoms with Crippen LogP contribution in [-0.4, -0.2) is 37.9 Å². The van der Waals surface area contributed by atoms with Gasteiger partial charge >= 0.3 is 0 Å². The largest absolute Gasteiger partial charge is 0.461 e. The molecule has 0 saturated carbocycles. The minimum absolute atomic E-state index is 0.172. The normalized spacial score (nSPS) is 15.8. The van der Waals surface area contributed by atoms with Crippen molar-refractivity contribution in [3.63, 3.8) is 0 Å². The topological polar surface area (TPSA) is 73.1 Å². The van der Waals surface area contributed by atoms with Crippen LogP contribution in [0.25, 0.3) is 17.2 Å². The molecule has 3 aromatic heterocycles. The van der Waals surface area contributed by atoms with Crippen LogP contribution in [0.2, 0.25) is 5.02 Å². The van der Waals surface area contributed by atoms with Crippen LogP contribution >= 0.6 is 23.4 Å². The number of halogens is 1. The van der Waals surface area contributed by atoms with Crippen molar-refractivity contribution in [2.45, 2.75) is 43.1 Å². The summed E-state index contributed by atoms with van der Waals surface area (Å²) in [5.41, 5.74) is 1.81. The molecule has 5 rings (SSSR count). The van der Waals surface area contributed by atoms with Crippen LogP contribution < -0.4 is 0 Å². The molecule has 32 heavy (non-hydrogen) atoms. The third-order valence-electron chi connectivity index (χ3n) is 5.73. The lowest BCUT2D eigenvalue weighted by Crippen LogP contribution is -2.33. The third-order valence-corrected chi connectivity index (χ3v) is 6.94. The Labute approximate surface area is 195 Å². The van der Waals surface area contributed by atoms with Crippen molar-refractivity contribution in [1.82, 2.24) is 24.8 Å². The number of benzene rings is 1. The third kappa shape index (κ3) is 4.48. The summed E-state index contributed by atoms with van der Waals surface area (Å²) in [4.78, 5) is 2.49. The van der Waals surface area contributed by atoms with Gasteiger partial charge in [-0.2, -0.15) is 0 Å². The molecule has 1 atom stereocenters.